The van der Waals surface area contributed by atoms with Gasteiger partial charge in [0.2, 0.25) is 0 Å². The highest BCUT2D eigenvalue weighted by atomic mass is 79.9. The normalized spacial score (nSPS) is 16.5. The van der Waals surface area contributed by atoms with Crippen LogP contribution in [0.25, 0.3) is 0 Å². The number of rotatable bonds is 0. The molecule has 4 heteroatoms. The van der Waals surface area contributed by atoms with Gasteiger partial charge in [0.25, 0.3) is 0 Å². The van der Waals surface area contributed by atoms with E-state index >= 15 is 0 Å². The lowest BCUT2D eigenvalue weighted by Gasteiger charge is -2.12. The van der Waals surface area contributed by atoms with E-state index in [-0.39, 0.29) is 5.69 Å². The second-order valence-corrected chi connectivity index (χ2v) is 3.59. The number of aromatic nitrogens is 2. The quantitative estimate of drug-likeness (QED) is 0.698. The third-order valence-corrected chi connectivity index (χ3v) is 2.74. The first-order valence-corrected chi connectivity index (χ1v) is 4.55. The van der Waals surface area contributed by atoms with Crippen molar-refractivity contribution >= 4 is 15.9 Å². The van der Waals surface area contributed by atoms with E-state index in [4.69, 9.17) is 0 Å². The predicted molar refractivity (Wildman–Crippen MR) is 45.7 cm³/mol. The monoisotopic (exact) mass is 216 g/mol. The van der Waals surface area contributed by atoms with Gasteiger partial charge in [-0.2, -0.15) is 0 Å². The molecular formula is C7H9BrN2O. The highest BCUT2D eigenvalue weighted by molar-refractivity contribution is 9.10. The highest BCUT2D eigenvalue weighted by Gasteiger charge is 2.14. The molecule has 0 saturated heterocycles. The molecule has 0 radical (unpaired) electrons. The number of imidazole rings is 1. The van der Waals surface area contributed by atoms with Gasteiger partial charge in [0, 0.05) is 6.54 Å². The molecule has 0 aromatic carbocycles. The molecule has 0 bridgehead atoms. The van der Waals surface area contributed by atoms with Crippen LogP contribution in [0.3, 0.4) is 0 Å². The zero-order chi connectivity index (χ0) is 7.84. The molecule has 0 aliphatic carbocycles. The maximum atomic E-state index is 11.2. The van der Waals surface area contributed by atoms with Crippen molar-refractivity contribution in [3.8, 4) is 0 Å². The number of nitrogens with zero attached hydrogens (tertiary/aromatic N) is 1. The van der Waals surface area contributed by atoms with Crippen molar-refractivity contribution in [1.29, 1.82) is 0 Å². The molecule has 0 amide bonds. The van der Waals surface area contributed by atoms with Crippen molar-refractivity contribution in [3.05, 3.63) is 20.8 Å². The Bertz CT molecular complexity index is 326. The molecule has 0 unspecified atom stereocenters. The maximum Gasteiger partial charge on any atom is 0.326 e. The summed E-state index contributed by atoms with van der Waals surface area (Å²) in [6, 6.07) is 0. The molecule has 1 aliphatic heterocycles. The van der Waals surface area contributed by atoms with Gasteiger partial charge in [-0.25, -0.2) is 4.79 Å². The number of hydrogen-bond donors (Lipinski definition) is 1. The first-order chi connectivity index (χ1) is 5.29. The van der Waals surface area contributed by atoms with Crippen molar-refractivity contribution in [2.75, 3.05) is 0 Å². The Kier molecular flexibility index (Phi) is 1.64. The third-order valence-electron chi connectivity index (χ3n) is 2.09. The standard InChI is InChI=1S/C7H9BrN2O/c8-6-5-3-1-2-4-10(5)7(11)9-6/h1-4H2,(H,9,11). The summed E-state index contributed by atoms with van der Waals surface area (Å²) >= 11 is 3.33. The average Bonchev–Trinajstić information content (AvgIpc) is 2.30. The first-order valence-electron chi connectivity index (χ1n) is 3.76. The summed E-state index contributed by atoms with van der Waals surface area (Å²) in [5.74, 6) is 0. The van der Waals surface area contributed by atoms with Gasteiger partial charge in [-0.1, -0.05) is 0 Å². The zero-order valence-corrected chi connectivity index (χ0v) is 7.65. The van der Waals surface area contributed by atoms with Crippen LogP contribution < -0.4 is 5.69 Å². The van der Waals surface area contributed by atoms with Gasteiger partial charge in [0.05, 0.1) is 5.69 Å². The Hall–Kier alpha value is -0.510. The molecule has 0 fully saturated rings. The van der Waals surface area contributed by atoms with Crippen LogP contribution in [0.1, 0.15) is 18.5 Å². The molecule has 1 aromatic rings. The van der Waals surface area contributed by atoms with Crippen LogP contribution >= 0.6 is 15.9 Å². The predicted octanol–water partition coefficient (Wildman–Crippen LogP) is 1.28. The molecule has 3 nitrogen and oxygen atoms in total. The molecule has 0 atom stereocenters. The van der Waals surface area contributed by atoms with Gasteiger partial charge in [0.1, 0.15) is 4.60 Å². The van der Waals surface area contributed by atoms with E-state index in [0.717, 1.165) is 29.7 Å². The molecular weight excluding hydrogens is 208 g/mol. The Morgan fingerprint density at radius 1 is 1.45 bits per heavy atom. The summed E-state index contributed by atoms with van der Waals surface area (Å²) in [7, 11) is 0. The lowest BCUT2D eigenvalue weighted by molar-refractivity contribution is 0.519. The number of H-pyrrole nitrogens is 1. The molecule has 11 heavy (non-hydrogen) atoms. The van der Waals surface area contributed by atoms with Crippen LogP contribution in [0, 0.1) is 0 Å². The van der Waals surface area contributed by atoms with Crippen LogP contribution in [-0.4, -0.2) is 9.55 Å². The zero-order valence-electron chi connectivity index (χ0n) is 6.06. The van der Waals surface area contributed by atoms with E-state index in [1.54, 1.807) is 0 Å². The van der Waals surface area contributed by atoms with E-state index in [0.29, 0.717) is 0 Å². The smallest absolute Gasteiger partial charge is 0.300 e. The van der Waals surface area contributed by atoms with Crippen molar-refractivity contribution in [2.24, 2.45) is 0 Å². The van der Waals surface area contributed by atoms with Gasteiger partial charge in [-0.05, 0) is 35.2 Å². The fourth-order valence-corrected chi connectivity index (χ4v) is 2.10. The molecule has 1 aliphatic rings. The van der Waals surface area contributed by atoms with Crippen LogP contribution in [0.4, 0.5) is 0 Å². The second-order valence-electron chi connectivity index (χ2n) is 2.80. The van der Waals surface area contributed by atoms with Crippen LogP contribution in [0.15, 0.2) is 9.40 Å². The fraction of sp³-hybridized carbons (Fsp3) is 0.571. The summed E-state index contributed by atoms with van der Waals surface area (Å²) < 4.78 is 2.68. The van der Waals surface area contributed by atoms with E-state index in [9.17, 15) is 4.79 Å². The van der Waals surface area contributed by atoms with Crippen LogP contribution in [-0.2, 0) is 13.0 Å². The molecule has 60 valence electrons. The third kappa shape index (κ3) is 1.05. The lowest BCUT2D eigenvalue weighted by atomic mass is 10.1. The van der Waals surface area contributed by atoms with E-state index in [2.05, 4.69) is 20.9 Å². The Labute approximate surface area is 72.6 Å². The molecule has 1 aromatic heterocycles. The number of aromatic amines is 1. The minimum Gasteiger partial charge on any atom is -0.300 e. The van der Waals surface area contributed by atoms with Crippen molar-refractivity contribution in [3.63, 3.8) is 0 Å². The van der Waals surface area contributed by atoms with Crippen molar-refractivity contribution < 1.29 is 0 Å². The lowest BCUT2D eigenvalue weighted by Crippen LogP contribution is -2.21. The van der Waals surface area contributed by atoms with Gasteiger partial charge >= 0.3 is 5.69 Å². The topological polar surface area (TPSA) is 37.8 Å². The molecule has 2 rings (SSSR count). The van der Waals surface area contributed by atoms with Gasteiger partial charge in [0.15, 0.2) is 0 Å². The SMILES string of the molecule is O=c1[nH]c(Br)c2n1CCCC2. The second kappa shape index (κ2) is 2.52. The minimum atomic E-state index is 0.0200. The minimum absolute atomic E-state index is 0.0200. The van der Waals surface area contributed by atoms with E-state index in [1.165, 1.54) is 6.42 Å². The summed E-state index contributed by atoms with van der Waals surface area (Å²) in [6.07, 6.45) is 3.33. The number of fused-ring (bicyclic) bond motifs is 1. The largest absolute Gasteiger partial charge is 0.326 e. The maximum absolute atomic E-state index is 11.2. The fourth-order valence-electron chi connectivity index (χ4n) is 1.52. The average molecular weight is 217 g/mol. The summed E-state index contributed by atoms with van der Waals surface area (Å²) in [5.41, 5.74) is 1.15. The number of halogens is 1. The summed E-state index contributed by atoms with van der Waals surface area (Å²) in [5, 5.41) is 0. The number of nitrogens with one attached hydrogen (secondary N) is 1. The van der Waals surface area contributed by atoms with E-state index in [1.807, 2.05) is 4.57 Å². The molecule has 1 N–H and O–H groups in total. The Morgan fingerprint density at radius 2 is 2.27 bits per heavy atom. The Morgan fingerprint density at radius 3 is 3.00 bits per heavy atom. The van der Waals surface area contributed by atoms with Gasteiger partial charge in [-0.3, -0.25) is 9.55 Å². The van der Waals surface area contributed by atoms with Crippen molar-refractivity contribution in [1.82, 2.24) is 9.55 Å². The van der Waals surface area contributed by atoms with Gasteiger partial charge < -0.3 is 0 Å². The van der Waals surface area contributed by atoms with Crippen LogP contribution in [0.5, 0.6) is 0 Å². The number of hydrogen-bond acceptors (Lipinski definition) is 1. The first kappa shape index (κ1) is 7.16. The van der Waals surface area contributed by atoms with Crippen molar-refractivity contribution in [2.45, 2.75) is 25.8 Å². The molecule has 0 spiro atoms. The van der Waals surface area contributed by atoms with Gasteiger partial charge in [-0.15, -0.1) is 0 Å². The Balaban J connectivity index is 2.61. The summed E-state index contributed by atoms with van der Waals surface area (Å²) in [6.45, 7) is 0.871. The van der Waals surface area contributed by atoms with E-state index < -0.39 is 0 Å². The van der Waals surface area contributed by atoms with Crippen LogP contribution in [0.2, 0.25) is 0 Å². The molecule has 2 heterocycles. The molecule has 0 saturated carbocycles. The highest BCUT2D eigenvalue weighted by Crippen LogP contribution is 2.18. The summed E-state index contributed by atoms with van der Waals surface area (Å²) in [4.78, 5) is 13.9.